The van der Waals surface area contributed by atoms with Crippen molar-refractivity contribution in [2.75, 3.05) is 4.90 Å². The van der Waals surface area contributed by atoms with Gasteiger partial charge in [-0.25, -0.2) is 0 Å². The van der Waals surface area contributed by atoms with E-state index in [0.29, 0.717) is 5.56 Å². The molecule has 0 aliphatic heterocycles. The van der Waals surface area contributed by atoms with Gasteiger partial charge in [-0.1, -0.05) is 98.8 Å². The van der Waals surface area contributed by atoms with Gasteiger partial charge in [0.15, 0.2) is 0 Å². The van der Waals surface area contributed by atoms with Crippen LogP contribution in [0.25, 0.3) is 43.4 Å². The molecule has 0 saturated carbocycles. The zero-order valence-electron chi connectivity index (χ0n) is 23.6. The van der Waals surface area contributed by atoms with Gasteiger partial charge in [0, 0.05) is 22.5 Å². The zero-order chi connectivity index (χ0) is 28.4. The molecule has 0 aromatic heterocycles. The number of hydrogen-bond acceptors (Lipinski definition) is 2. The molecule has 0 amide bonds. The van der Waals surface area contributed by atoms with E-state index in [4.69, 9.17) is 0 Å². The van der Waals surface area contributed by atoms with E-state index in [2.05, 4.69) is 128 Å². The third-order valence-electron chi connectivity index (χ3n) is 8.98. The SMILES string of the molecule is CC1(C)c2c(ccc3ccccc23)-c2c1c1ccc(N(c3ccccc3)c3ccc(C#N)cc3)cc1c1ccccc21. The smallest absolute Gasteiger partial charge is 0.0991 e. The van der Waals surface area contributed by atoms with E-state index >= 15 is 0 Å². The number of nitriles is 1. The van der Waals surface area contributed by atoms with E-state index in [0.717, 1.165) is 17.1 Å². The summed E-state index contributed by atoms with van der Waals surface area (Å²) in [4.78, 5) is 2.27. The van der Waals surface area contributed by atoms with Crippen molar-refractivity contribution in [1.82, 2.24) is 0 Å². The van der Waals surface area contributed by atoms with Gasteiger partial charge in [0.2, 0.25) is 0 Å². The minimum atomic E-state index is -0.165. The van der Waals surface area contributed by atoms with Crippen LogP contribution in [0.1, 0.15) is 30.5 Å². The molecule has 7 aromatic carbocycles. The maximum Gasteiger partial charge on any atom is 0.0991 e. The number of nitrogens with zero attached hydrogens (tertiary/aromatic N) is 2. The van der Waals surface area contributed by atoms with Crippen LogP contribution >= 0.6 is 0 Å². The average molecular weight is 537 g/mol. The molecule has 2 heteroatoms. The quantitative estimate of drug-likeness (QED) is 0.210. The topological polar surface area (TPSA) is 27.0 Å². The molecule has 0 fully saturated rings. The van der Waals surface area contributed by atoms with E-state index in [9.17, 15) is 5.26 Å². The van der Waals surface area contributed by atoms with Crippen LogP contribution in [0.2, 0.25) is 0 Å². The first kappa shape index (κ1) is 24.4. The van der Waals surface area contributed by atoms with Gasteiger partial charge in [0.1, 0.15) is 0 Å². The number of anilines is 3. The van der Waals surface area contributed by atoms with Crippen molar-refractivity contribution in [2.45, 2.75) is 19.3 Å². The molecule has 2 nitrogen and oxygen atoms in total. The molecule has 0 atom stereocenters. The van der Waals surface area contributed by atoms with Crippen LogP contribution in [0.5, 0.6) is 0 Å². The lowest BCUT2D eigenvalue weighted by molar-refractivity contribution is 0.672. The molecule has 1 aliphatic carbocycles. The fraction of sp³-hybridized carbons (Fsp3) is 0.0750. The van der Waals surface area contributed by atoms with Gasteiger partial charge in [0.05, 0.1) is 11.6 Å². The Morgan fingerprint density at radius 2 is 1.17 bits per heavy atom. The lowest BCUT2D eigenvalue weighted by Crippen LogP contribution is -2.16. The van der Waals surface area contributed by atoms with Gasteiger partial charge in [-0.3, -0.25) is 0 Å². The van der Waals surface area contributed by atoms with E-state index in [1.54, 1.807) is 0 Å². The second kappa shape index (κ2) is 9.06. The summed E-state index contributed by atoms with van der Waals surface area (Å²) in [6.07, 6.45) is 0. The van der Waals surface area contributed by atoms with Gasteiger partial charge >= 0.3 is 0 Å². The summed E-state index contributed by atoms with van der Waals surface area (Å²) < 4.78 is 0. The molecule has 0 saturated heterocycles. The van der Waals surface area contributed by atoms with Crippen LogP contribution in [0.15, 0.2) is 133 Å². The molecule has 8 rings (SSSR count). The Labute approximate surface area is 245 Å². The van der Waals surface area contributed by atoms with Crippen molar-refractivity contribution < 1.29 is 0 Å². The van der Waals surface area contributed by atoms with Crippen molar-refractivity contribution >= 4 is 49.4 Å². The van der Waals surface area contributed by atoms with Crippen molar-refractivity contribution in [3.05, 3.63) is 150 Å². The van der Waals surface area contributed by atoms with Crippen LogP contribution in [0, 0.1) is 11.3 Å². The Morgan fingerprint density at radius 1 is 0.524 bits per heavy atom. The van der Waals surface area contributed by atoms with Gasteiger partial charge in [-0.05, 0) is 103 Å². The van der Waals surface area contributed by atoms with Gasteiger partial charge in [-0.15, -0.1) is 0 Å². The Kier molecular flexibility index (Phi) is 5.27. The fourth-order valence-corrected chi connectivity index (χ4v) is 7.23. The molecule has 0 bridgehead atoms. The molecular formula is C40H28N2. The predicted octanol–water partition coefficient (Wildman–Crippen LogP) is 10.8. The summed E-state index contributed by atoms with van der Waals surface area (Å²) in [5.41, 5.74) is 9.20. The monoisotopic (exact) mass is 536 g/mol. The molecule has 7 aromatic rings. The fourth-order valence-electron chi connectivity index (χ4n) is 7.23. The maximum absolute atomic E-state index is 9.40. The van der Waals surface area contributed by atoms with Crippen molar-refractivity contribution in [1.29, 1.82) is 5.26 Å². The third-order valence-corrected chi connectivity index (χ3v) is 8.98. The first-order chi connectivity index (χ1) is 20.6. The molecule has 0 heterocycles. The van der Waals surface area contributed by atoms with Gasteiger partial charge in [0.25, 0.3) is 0 Å². The number of benzene rings is 7. The Morgan fingerprint density at radius 3 is 1.93 bits per heavy atom. The van der Waals surface area contributed by atoms with E-state index < -0.39 is 0 Å². The van der Waals surface area contributed by atoms with Gasteiger partial charge < -0.3 is 4.90 Å². The number of para-hydroxylation sites is 1. The Balaban J connectivity index is 1.43. The highest BCUT2D eigenvalue weighted by atomic mass is 15.1. The minimum Gasteiger partial charge on any atom is -0.310 e. The zero-order valence-corrected chi connectivity index (χ0v) is 23.6. The van der Waals surface area contributed by atoms with E-state index in [1.165, 1.54) is 54.6 Å². The highest BCUT2D eigenvalue weighted by Gasteiger charge is 2.39. The van der Waals surface area contributed by atoms with Gasteiger partial charge in [-0.2, -0.15) is 5.26 Å². The first-order valence-electron chi connectivity index (χ1n) is 14.4. The van der Waals surface area contributed by atoms with Crippen molar-refractivity contribution in [2.24, 2.45) is 0 Å². The normalized spacial score (nSPS) is 13.2. The lowest BCUT2D eigenvalue weighted by Gasteiger charge is -2.28. The predicted molar refractivity (Wildman–Crippen MR) is 176 cm³/mol. The van der Waals surface area contributed by atoms with E-state index in [1.807, 2.05) is 30.3 Å². The highest BCUT2D eigenvalue weighted by molar-refractivity contribution is 6.20. The van der Waals surface area contributed by atoms with Crippen molar-refractivity contribution in [3.8, 4) is 17.2 Å². The molecule has 42 heavy (non-hydrogen) atoms. The summed E-state index contributed by atoms with van der Waals surface area (Å²) in [5, 5.41) is 17.1. The molecule has 0 spiro atoms. The van der Waals surface area contributed by atoms with Crippen LogP contribution < -0.4 is 4.90 Å². The molecular weight excluding hydrogens is 508 g/mol. The molecule has 0 radical (unpaired) electrons. The molecule has 0 unspecified atom stereocenters. The Hall–Kier alpha value is -5.39. The molecule has 0 N–H and O–H groups in total. The lowest BCUT2D eigenvalue weighted by atomic mass is 9.78. The van der Waals surface area contributed by atoms with Crippen LogP contribution in [0.3, 0.4) is 0 Å². The second-order valence-corrected chi connectivity index (χ2v) is 11.7. The van der Waals surface area contributed by atoms with Crippen molar-refractivity contribution in [3.63, 3.8) is 0 Å². The number of hydrogen-bond donors (Lipinski definition) is 0. The number of rotatable bonds is 3. The molecule has 1 aliphatic rings. The third kappa shape index (κ3) is 3.44. The summed E-state index contributed by atoms with van der Waals surface area (Å²) >= 11 is 0. The average Bonchev–Trinajstić information content (AvgIpc) is 3.29. The standard InChI is InChI=1S/C40H28N2/c1-40(2)38-31-13-7-6-10-27(31)18-22-35(38)37-33-15-9-8-14-32(33)36-24-30(21-23-34(36)39(37)40)42(28-11-4-3-5-12-28)29-19-16-26(25-41)17-20-29/h3-24H,1-2H3. The van der Waals surface area contributed by atoms with E-state index in [-0.39, 0.29) is 5.41 Å². The van der Waals surface area contributed by atoms with Crippen LogP contribution in [-0.2, 0) is 5.41 Å². The second-order valence-electron chi connectivity index (χ2n) is 11.7. The largest absolute Gasteiger partial charge is 0.310 e. The first-order valence-corrected chi connectivity index (χ1v) is 14.4. The van der Waals surface area contributed by atoms with Crippen LogP contribution in [0.4, 0.5) is 17.1 Å². The minimum absolute atomic E-state index is 0.165. The number of fused-ring (bicyclic) bond motifs is 10. The maximum atomic E-state index is 9.40. The molecule has 198 valence electrons. The summed E-state index contributed by atoms with van der Waals surface area (Å²) in [6.45, 7) is 4.78. The summed E-state index contributed by atoms with van der Waals surface area (Å²) in [7, 11) is 0. The summed E-state index contributed by atoms with van der Waals surface area (Å²) in [6, 6.07) is 49.7. The Bertz CT molecular complexity index is 2220. The van der Waals surface area contributed by atoms with Crippen LogP contribution in [-0.4, -0.2) is 0 Å². The summed E-state index contributed by atoms with van der Waals surface area (Å²) in [5.74, 6) is 0. The highest BCUT2D eigenvalue weighted by Crippen LogP contribution is 2.56.